The molecule has 6 N–H and O–H groups in total. The van der Waals surface area contributed by atoms with Crippen molar-refractivity contribution in [1.29, 1.82) is 0 Å². The summed E-state index contributed by atoms with van der Waals surface area (Å²) in [5.74, 6) is -0.681. The van der Waals surface area contributed by atoms with E-state index in [0.29, 0.717) is 59.2 Å². The average Bonchev–Trinajstić information content (AvgIpc) is 2.68. The summed E-state index contributed by atoms with van der Waals surface area (Å²) in [6.07, 6.45) is 1.59. The summed E-state index contributed by atoms with van der Waals surface area (Å²) < 4.78 is 16.2. The lowest BCUT2D eigenvalue weighted by atomic mass is 10.1. The summed E-state index contributed by atoms with van der Waals surface area (Å²) in [4.78, 5) is 33.5. The summed E-state index contributed by atoms with van der Waals surface area (Å²) >= 11 is 0. The fourth-order valence-electron chi connectivity index (χ4n) is 2.08. The Bertz CT molecular complexity index is 462. The van der Waals surface area contributed by atoms with E-state index in [1.54, 1.807) is 0 Å². The van der Waals surface area contributed by atoms with Gasteiger partial charge in [-0.25, -0.2) is 0 Å². The molecule has 1 atom stereocenters. The normalized spacial score (nSPS) is 12.0. The molecule has 0 aliphatic heterocycles. The summed E-state index contributed by atoms with van der Waals surface area (Å²) in [7, 11) is 0. The number of amides is 3. The Balaban J connectivity index is 3.25. The maximum absolute atomic E-state index is 11.6. The first-order chi connectivity index (χ1) is 13.8. The Hall–Kier alpha value is -1.75. The predicted molar refractivity (Wildman–Crippen MR) is 109 cm³/mol. The maximum Gasteiger partial charge on any atom is 0.237 e. The minimum absolute atomic E-state index is 0.0625. The highest BCUT2D eigenvalue weighted by molar-refractivity contribution is 5.82. The molecule has 0 aromatic rings. The number of nitrogens with two attached hydrogens (primary N) is 2. The molecule has 0 radical (unpaired) electrons. The van der Waals surface area contributed by atoms with Crippen LogP contribution in [0.25, 0.3) is 0 Å². The van der Waals surface area contributed by atoms with Crippen LogP contribution in [0.15, 0.2) is 0 Å². The largest absolute Gasteiger partial charge is 0.379 e. The predicted octanol–water partition coefficient (Wildman–Crippen LogP) is -0.702. The summed E-state index contributed by atoms with van der Waals surface area (Å²) in [6, 6.07) is -0.474. The van der Waals surface area contributed by atoms with E-state index in [1.807, 2.05) is 13.8 Å². The van der Waals surface area contributed by atoms with E-state index in [9.17, 15) is 14.4 Å². The van der Waals surface area contributed by atoms with Crippen LogP contribution in [0.3, 0.4) is 0 Å². The smallest absolute Gasteiger partial charge is 0.237 e. The Labute approximate surface area is 173 Å². The molecule has 10 heteroatoms. The third-order valence-corrected chi connectivity index (χ3v) is 3.92. The van der Waals surface area contributed by atoms with Crippen LogP contribution >= 0.6 is 0 Å². The minimum Gasteiger partial charge on any atom is -0.379 e. The number of ether oxygens (including phenoxy) is 3. The van der Waals surface area contributed by atoms with E-state index in [-0.39, 0.29) is 30.6 Å². The number of primary amides is 1. The van der Waals surface area contributed by atoms with Gasteiger partial charge in [-0.3, -0.25) is 14.4 Å². The highest BCUT2D eigenvalue weighted by Crippen LogP contribution is 1.97. The van der Waals surface area contributed by atoms with Gasteiger partial charge in [0.25, 0.3) is 0 Å². The molecule has 0 saturated carbocycles. The highest BCUT2D eigenvalue weighted by atomic mass is 16.5. The fraction of sp³-hybridized carbons (Fsp3) is 0.842. The monoisotopic (exact) mass is 418 g/mol. The molecular formula is C19H38N4O6. The lowest BCUT2D eigenvalue weighted by Gasteiger charge is -2.15. The zero-order chi connectivity index (χ0) is 21.9. The van der Waals surface area contributed by atoms with Gasteiger partial charge in [0.1, 0.15) is 0 Å². The minimum atomic E-state index is -0.482. The van der Waals surface area contributed by atoms with E-state index in [0.717, 1.165) is 6.42 Å². The van der Waals surface area contributed by atoms with Crippen molar-refractivity contribution in [2.45, 2.75) is 45.6 Å². The SMILES string of the molecule is CC(C)C(N)C(=O)NCCCOCCOCCOCCCNC(=O)CCC(N)=O. The van der Waals surface area contributed by atoms with Gasteiger partial charge in [0.05, 0.1) is 32.5 Å². The van der Waals surface area contributed by atoms with Crippen molar-refractivity contribution >= 4 is 17.7 Å². The third kappa shape index (κ3) is 18.0. The van der Waals surface area contributed by atoms with E-state index >= 15 is 0 Å². The number of nitrogens with one attached hydrogen (secondary N) is 2. The molecule has 0 aromatic heterocycles. The van der Waals surface area contributed by atoms with Crippen LogP contribution in [0.4, 0.5) is 0 Å². The maximum atomic E-state index is 11.6. The van der Waals surface area contributed by atoms with Crippen molar-refractivity contribution in [2.24, 2.45) is 17.4 Å². The van der Waals surface area contributed by atoms with E-state index in [4.69, 9.17) is 25.7 Å². The van der Waals surface area contributed by atoms with Gasteiger partial charge in [0, 0.05) is 39.1 Å². The van der Waals surface area contributed by atoms with E-state index in [1.165, 1.54) is 0 Å². The van der Waals surface area contributed by atoms with E-state index < -0.39 is 11.9 Å². The van der Waals surface area contributed by atoms with Gasteiger partial charge < -0.3 is 36.3 Å². The standard InChI is InChI=1S/C19H38N4O6/c1-15(2)18(21)19(26)23-8-4-10-28-12-14-29-13-11-27-9-3-7-22-17(25)6-5-16(20)24/h15,18H,3-14,21H2,1-2H3,(H2,20,24)(H,22,25)(H,23,26). The molecule has 0 fully saturated rings. The second kappa shape index (κ2) is 18.3. The van der Waals surface area contributed by atoms with Crippen LogP contribution in [0.5, 0.6) is 0 Å². The molecule has 10 nitrogen and oxygen atoms in total. The summed E-state index contributed by atoms with van der Waals surface area (Å²) in [5, 5.41) is 5.48. The van der Waals surface area contributed by atoms with Gasteiger partial charge in [-0.15, -0.1) is 0 Å². The Morgan fingerprint density at radius 1 is 0.793 bits per heavy atom. The molecule has 0 saturated heterocycles. The van der Waals surface area contributed by atoms with E-state index in [2.05, 4.69) is 10.6 Å². The third-order valence-electron chi connectivity index (χ3n) is 3.92. The average molecular weight is 419 g/mol. The number of hydrogen-bond acceptors (Lipinski definition) is 7. The first-order valence-corrected chi connectivity index (χ1v) is 10.2. The molecule has 0 spiro atoms. The quantitative estimate of drug-likeness (QED) is 0.202. The summed E-state index contributed by atoms with van der Waals surface area (Å²) in [6.45, 7) is 7.82. The van der Waals surface area contributed by atoms with Crippen molar-refractivity contribution < 1.29 is 28.6 Å². The second-order valence-corrected chi connectivity index (χ2v) is 6.92. The van der Waals surface area contributed by atoms with Crippen LogP contribution in [0, 0.1) is 5.92 Å². The molecule has 0 rings (SSSR count). The van der Waals surface area contributed by atoms with Crippen molar-refractivity contribution in [3.8, 4) is 0 Å². The zero-order valence-corrected chi connectivity index (χ0v) is 17.7. The Morgan fingerprint density at radius 3 is 1.76 bits per heavy atom. The number of carbonyl (C=O) groups is 3. The molecule has 0 aliphatic carbocycles. The van der Waals surface area contributed by atoms with Crippen LogP contribution in [-0.4, -0.2) is 76.5 Å². The number of carbonyl (C=O) groups excluding carboxylic acids is 3. The second-order valence-electron chi connectivity index (χ2n) is 6.92. The molecule has 170 valence electrons. The van der Waals surface area contributed by atoms with Crippen molar-refractivity contribution in [2.75, 3.05) is 52.7 Å². The first kappa shape index (κ1) is 27.2. The lowest BCUT2D eigenvalue weighted by Crippen LogP contribution is -2.44. The molecule has 0 bridgehead atoms. The van der Waals surface area contributed by atoms with Crippen LogP contribution in [0.2, 0.25) is 0 Å². The van der Waals surface area contributed by atoms with Crippen LogP contribution in [-0.2, 0) is 28.6 Å². The molecule has 29 heavy (non-hydrogen) atoms. The Morgan fingerprint density at radius 2 is 1.28 bits per heavy atom. The zero-order valence-electron chi connectivity index (χ0n) is 17.7. The molecule has 0 heterocycles. The van der Waals surface area contributed by atoms with Crippen molar-refractivity contribution in [3.05, 3.63) is 0 Å². The van der Waals surface area contributed by atoms with Gasteiger partial charge in [-0.2, -0.15) is 0 Å². The number of rotatable bonds is 19. The van der Waals surface area contributed by atoms with Crippen molar-refractivity contribution in [3.63, 3.8) is 0 Å². The molecule has 0 aliphatic rings. The van der Waals surface area contributed by atoms with Gasteiger partial charge in [0.15, 0.2) is 0 Å². The molecule has 0 aromatic carbocycles. The fourth-order valence-corrected chi connectivity index (χ4v) is 2.08. The highest BCUT2D eigenvalue weighted by Gasteiger charge is 2.15. The number of hydrogen-bond donors (Lipinski definition) is 4. The van der Waals surface area contributed by atoms with Crippen LogP contribution < -0.4 is 22.1 Å². The summed E-state index contributed by atoms with van der Waals surface area (Å²) in [5.41, 5.74) is 10.7. The topological polar surface area (TPSA) is 155 Å². The molecule has 1 unspecified atom stereocenters. The lowest BCUT2D eigenvalue weighted by molar-refractivity contribution is -0.125. The molecule has 3 amide bonds. The van der Waals surface area contributed by atoms with Gasteiger partial charge in [-0.05, 0) is 18.8 Å². The molecular weight excluding hydrogens is 380 g/mol. The van der Waals surface area contributed by atoms with Crippen LogP contribution in [0.1, 0.15) is 39.5 Å². The van der Waals surface area contributed by atoms with Gasteiger partial charge in [-0.1, -0.05) is 13.8 Å². The van der Waals surface area contributed by atoms with Gasteiger partial charge in [0.2, 0.25) is 17.7 Å². The van der Waals surface area contributed by atoms with Gasteiger partial charge >= 0.3 is 0 Å². The Kier molecular flexibility index (Phi) is 17.2. The van der Waals surface area contributed by atoms with Crippen molar-refractivity contribution in [1.82, 2.24) is 10.6 Å². The first-order valence-electron chi connectivity index (χ1n) is 10.2.